The van der Waals surface area contributed by atoms with Gasteiger partial charge in [-0.15, -0.1) is 0 Å². The fraction of sp³-hybridized carbons (Fsp3) is 0. The standard InChI is InChI=1S/C72H42B2N2O3S/c1-5-22-43(23-6-1)47-32-21-33-48(44-24-7-2-8-25-44)63(47)66-70-65(50-31-14-19-38-59(50)78-70)72-68-71(66)79-60-41-56-53(40-54(60)74(68)52-35-16-20-39-62(52)80-72)73-51-34-15-17-36-55(51)75(45-26-9-3-10-27-45)57-42-61-64(49-30-13-18-37-58(49)77-61)69(67(57)73)76(56)46-28-11-4-12-29-46/h1-42H. The number of fused-ring (bicyclic) bond motifs is 16. The van der Waals surface area contributed by atoms with E-state index >= 15 is 0 Å². The molecule has 12 aromatic carbocycles. The maximum atomic E-state index is 8.02. The van der Waals surface area contributed by atoms with Gasteiger partial charge in [0.1, 0.15) is 33.8 Å². The van der Waals surface area contributed by atoms with Crippen LogP contribution < -0.4 is 47.3 Å². The lowest BCUT2D eigenvalue weighted by molar-refractivity contribution is 0.488. The minimum Gasteiger partial charge on any atom is -0.458 e. The van der Waals surface area contributed by atoms with Crippen molar-refractivity contribution >= 4 is 136 Å². The summed E-state index contributed by atoms with van der Waals surface area (Å²) in [6.45, 7) is -0.357. The van der Waals surface area contributed by atoms with E-state index in [-0.39, 0.29) is 13.4 Å². The van der Waals surface area contributed by atoms with E-state index in [1.807, 2.05) is 11.8 Å². The molecule has 80 heavy (non-hydrogen) atoms. The first-order valence-electron chi connectivity index (χ1n) is 27.4. The van der Waals surface area contributed by atoms with Crippen LogP contribution in [0.2, 0.25) is 0 Å². The molecule has 0 atom stereocenters. The summed E-state index contributed by atoms with van der Waals surface area (Å²) >= 11 is 1.84. The van der Waals surface area contributed by atoms with Gasteiger partial charge in [0.05, 0.1) is 16.6 Å². The van der Waals surface area contributed by atoms with E-state index in [0.717, 1.165) is 128 Å². The third kappa shape index (κ3) is 6.11. The Bertz CT molecular complexity index is 4870. The zero-order valence-corrected chi connectivity index (χ0v) is 43.7. The monoisotopic (exact) mass is 1040 g/mol. The predicted molar refractivity (Wildman–Crippen MR) is 333 cm³/mol. The fourth-order valence-corrected chi connectivity index (χ4v) is 15.2. The second-order valence-electron chi connectivity index (χ2n) is 21.3. The molecule has 370 valence electrons. The molecule has 0 N–H and O–H groups in total. The summed E-state index contributed by atoms with van der Waals surface area (Å²) in [4.78, 5) is 7.35. The number of anilines is 6. The third-order valence-corrected chi connectivity index (χ3v) is 18.4. The second-order valence-corrected chi connectivity index (χ2v) is 22.3. The van der Waals surface area contributed by atoms with Crippen LogP contribution in [0.5, 0.6) is 11.5 Å². The molecule has 0 bridgehead atoms. The van der Waals surface area contributed by atoms with Crippen LogP contribution in [0.15, 0.2) is 273 Å². The van der Waals surface area contributed by atoms with Crippen molar-refractivity contribution in [2.24, 2.45) is 0 Å². The van der Waals surface area contributed by atoms with E-state index < -0.39 is 0 Å². The van der Waals surface area contributed by atoms with E-state index in [9.17, 15) is 0 Å². The van der Waals surface area contributed by atoms with Gasteiger partial charge < -0.3 is 23.4 Å². The Morgan fingerprint density at radius 3 is 1.66 bits per heavy atom. The molecule has 0 radical (unpaired) electrons. The van der Waals surface area contributed by atoms with Crippen molar-refractivity contribution in [2.75, 3.05) is 9.80 Å². The quantitative estimate of drug-likeness (QED) is 0.160. The minimum absolute atomic E-state index is 0.161. The van der Waals surface area contributed by atoms with E-state index in [1.165, 1.54) is 37.1 Å². The molecule has 5 nitrogen and oxygen atoms in total. The molecule has 4 aliphatic rings. The second kappa shape index (κ2) is 16.8. The molecule has 8 heteroatoms. The first-order valence-corrected chi connectivity index (χ1v) is 28.2. The number of nitrogens with zero attached hydrogens (tertiary/aromatic N) is 2. The van der Waals surface area contributed by atoms with Gasteiger partial charge in [0.15, 0.2) is 0 Å². The molecule has 6 heterocycles. The highest BCUT2D eigenvalue weighted by molar-refractivity contribution is 8.00. The molecule has 0 amide bonds. The van der Waals surface area contributed by atoms with E-state index in [0.29, 0.717) is 0 Å². The molecule has 0 fully saturated rings. The topological polar surface area (TPSA) is 42.0 Å². The lowest BCUT2D eigenvalue weighted by Crippen LogP contribution is -2.64. The maximum Gasteiger partial charge on any atom is 0.253 e. The highest BCUT2D eigenvalue weighted by Crippen LogP contribution is 2.55. The van der Waals surface area contributed by atoms with Crippen molar-refractivity contribution in [3.63, 3.8) is 0 Å². The van der Waals surface area contributed by atoms with Crippen molar-refractivity contribution in [2.45, 2.75) is 9.79 Å². The number of ether oxygens (including phenoxy) is 1. The molecule has 0 saturated carbocycles. The molecule has 14 aromatic rings. The van der Waals surface area contributed by atoms with Crippen LogP contribution in [0.4, 0.5) is 34.1 Å². The van der Waals surface area contributed by atoms with Gasteiger partial charge in [0.2, 0.25) is 0 Å². The Kier molecular flexibility index (Phi) is 9.28. The molecular weight excluding hydrogens is 994 g/mol. The number of hydrogen-bond donors (Lipinski definition) is 0. The first kappa shape index (κ1) is 44.1. The molecule has 0 spiro atoms. The minimum atomic E-state index is -0.196. The lowest BCUT2D eigenvalue weighted by atomic mass is 9.31. The Morgan fingerprint density at radius 1 is 0.375 bits per heavy atom. The number of para-hydroxylation sites is 5. The lowest BCUT2D eigenvalue weighted by Gasteiger charge is -2.45. The van der Waals surface area contributed by atoms with Gasteiger partial charge in [0, 0.05) is 72.1 Å². The van der Waals surface area contributed by atoms with Crippen LogP contribution in [0, 0.1) is 0 Å². The van der Waals surface area contributed by atoms with Crippen molar-refractivity contribution in [1.82, 2.24) is 0 Å². The number of benzene rings is 12. The van der Waals surface area contributed by atoms with Gasteiger partial charge in [0.25, 0.3) is 13.4 Å². The van der Waals surface area contributed by atoms with Gasteiger partial charge >= 0.3 is 0 Å². The normalized spacial score (nSPS) is 13.4. The van der Waals surface area contributed by atoms with Gasteiger partial charge in [-0.25, -0.2) is 0 Å². The van der Waals surface area contributed by atoms with E-state index in [4.69, 9.17) is 13.6 Å². The largest absolute Gasteiger partial charge is 0.458 e. The average Bonchev–Trinajstić information content (AvgIpc) is 4.02. The Morgan fingerprint density at radius 2 is 0.950 bits per heavy atom. The molecular formula is C72H42B2N2O3S. The van der Waals surface area contributed by atoms with Crippen molar-refractivity contribution in [3.8, 4) is 44.9 Å². The van der Waals surface area contributed by atoms with E-state index in [1.54, 1.807) is 0 Å². The molecule has 2 aromatic heterocycles. The SMILES string of the molecule is c1ccc(-c2cccc(-c3ccccc3)c2-c2c3c4c(c5c2oc2ccccc25)Sc2ccccc2B4c2cc4c(cc2O3)N(c2ccccc2)c2c3c(cc5oc6ccccc6c25)N(c2ccccc2)c2ccccc2B43)cc1. The summed E-state index contributed by atoms with van der Waals surface area (Å²) in [5, 5.41) is 4.35. The van der Waals surface area contributed by atoms with Crippen molar-refractivity contribution in [3.05, 3.63) is 255 Å². The zero-order valence-electron chi connectivity index (χ0n) is 42.9. The van der Waals surface area contributed by atoms with Crippen LogP contribution in [-0.2, 0) is 0 Å². The highest BCUT2D eigenvalue weighted by Gasteiger charge is 2.49. The van der Waals surface area contributed by atoms with Crippen LogP contribution in [-0.4, -0.2) is 13.4 Å². The van der Waals surface area contributed by atoms with Gasteiger partial charge in [-0.1, -0.05) is 211 Å². The summed E-state index contributed by atoms with van der Waals surface area (Å²) in [6.07, 6.45) is 0. The fourth-order valence-electron chi connectivity index (χ4n) is 13.9. The Hall–Kier alpha value is -9.88. The average molecular weight is 1040 g/mol. The third-order valence-electron chi connectivity index (χ3n) is 17.1. The van der Waals surface area contributed by atoms with Crippen LogP contribution in [0.25, 0.3) is 77.3 Å². The summed E-state index contributed by atoms with van der Waals surface area (Å²) in [6, 6.07) is 92.3. The number of rotatable bonds is 5. The highest BCUT2D eigenvalue weighted by atomic mass is 32.2. The first-order chi connectivity index (χ1) is 39.7. The van der Waals surface area contributed by atoms with Gasteiger partial charge in [-0.3, -0.25) is 0 Å². The Balaban J connectivity index is 0.991. The summed E-state index contributed by atoms with van der Waals surface area (Å²) in [5.74, 6) is 1.63. The Labute approximate surface area is 466 Å². The van der Waals surface area contributed by atoms with Crippen LogP contribution in [0.1, 0.15) is 0 Å². The van der Waals surface area contributed by atoms with Crippen molar-refractivity contribution < 1.29 is 13.6 Å². The van der Waals surface area contributed by atoms with Crippen LogP contribution >= 0.6 is 11.8 Å². The molecule has 18 rings (SSSR count). The molecule has 4 aliphatic heterocycles. The predicted octanol–water partition coefficient (Wildman–Crippen LogP) is 15.7. The molecule has 0 aliphatic carbocycles. The van der Waals surface area contributed by atoms with Crippen LogP contribution in [0.3, 0.4) is 0 Å². The molecule has 0 saturated heterocycles. The zero-order chi connectivity index (χ0) is 52.2. The number of furan rings is 2. The summed E-state index contributed by atoms with van der Waals surface area (Å²) in [5.41, 5.74) is 23.6. The van der Waals surface area contributed by atoms with Gasteiger partial charge in [-0.05, 0) is 98.1 Å². The maximum absolute atomic E-state index is 8.02. The number of hydrogen-bond acceptors (Lipinski definition) is 6. The smallest absolute Gasteiger partial charge is 0.253 e. The van der Waals surface area contributed by atoms with Crippen molar-refractivity contribution in [1.29, 1.82) is 0 Å². The summed E-state index contributed by atoms with van der Waals surface area (Å²) < 4.78 is 22.3. The van der Waals surface area contributed by atoms with E-state index in [2.05, 4.69) is 265 Å². The molecule has 0 unspecified atom stereocenters. The summed E-state index contributed by atoms with van der Waals surface area (Å²) in [7, 11) is 0. The van der Waals surface area contributed by atoms with Gasteiger partial charge in [-0.2, -0.15) is 0 Å².